The van der Waals surface area contributed by atoms with Gasteiger partial charge in [-0.15, -0.1) is 5.10 Å². The summed E-state index contributed by atoms with van der Waals surface area (Å²) in [5.41, 5.74) is 1.69. The third-order valence-corrected chi connectivity index (χ3v) is 6.67. The number of carbonyl (C=O) groups excluding carboxylic acids is 4. The Balaban J connectivity index is 1.58. The predicted molar refractivity (Wildman–Crippen MR) is 151 cm³/mol. The van der Waals surface area contributed by atoms with Gasteiger partial charge in [-0.3, -0.25) is 24.2 Å². The third-order valence-electron chi connectivity index (χ3n) is 6.67. The Labute approximate surface area is 260 Å². The van der Waals surface area contributed by atoms with Gasteiger partial charge in [0.05, 0.1) is 6.20 Å². The van der Waals surface area contributed by atoms with Gasteiger partial charge in [-0.2, -0.15) is 0 Å². The van der Waals surface area contributed by atoms with E-state index in [1.807, 2.05) is 0 Å². The smallest absolute Gasteiger partial charge is 0.305 e. The lowest BCUT2D eigenvalue weighted by molar-refractivity contribution is -0.280. The lowest BCUT2D eigenvalue weighted by Crippen LogP contribution is -2.60. The van der Waals surface area contributed by atoms with Gasteiger partial charge in [-0.25, -0.2) is 14.1 Å². The van der Waals surface area contributed by atoms with Gasteiger partial charge in [0.1, 0.15) is 24.2 Å². The van der Waals surface area contributed by atoms with Crippen molar-refractivity contribution in [1.82, 2.24) is 25.0 Å². The molecule has 0 bridgehead atoms. The largest absolute Gasteiger partial charge is 0.463 e. The van der Waals surface area contributed by atoms with E-state index in [1.165, 1.54) is 29.9 Å². The van der Waals surface area contributed by atoms with E-state index in [4.69, 9.17) is 28.1 Å². The fourth-order valence-electron chi connectivity index (χ4n) is 4.88. The van der Waals surface area contributed by atoms with Crippen LogP contribution < -0.4 is 0 Å². The van der Waals surface area contributed by atoms with Gasteiger partial charge in [0, 0.05) is 51.2 Å². The number of halogens is 1. The Morgan fingerprint density at radius 1 is 0.848 bits per heavy atom. The normalized spacial score (nSPS) is 20.8. The van der Waals surface area contributed by atoms with Gasteiger partial charge in [-0.05, 0) is 36.4 Å². The van der Waals surface area contributed by atoms with Crippen molar-refractivity contribution in [3.63, 3.8) is 0 Å². The maximum atomic E-state index is 13.7. The van der Waals surface area contributed by atoms with Crippen LogP contribution in [0.25, 0.3) is 34.2 Å². The molecule has 1 aliphatic heterocycles. The molecule has 1 aliphatic rings. The van der Waals surface area contributed by atoms with Crippen molar-refractivity contribution < 1.29 is 51.7 Å². The number of benzene rings is 1. The van der Waals surface area contributed by atoms with Gasteiger partial charge in [0.15, 0.2) is 29.7 Å². The predicted octanol–water partition coefficient (Wildman–Crippen LogP) is 3.06. The molecule has 1 saturated heterocycles. The van der Waals surface area contributed by atoms with E-state index >= 15 is 0 Å². The van der Waals surface area contributed by atoms with Crippen LogP contribution in [0.2, 0.25) is 0 Å². The molecule has 0 N–H and O–H groups in total. The summed E-state index contributed by atoms with van der Waals surface area (Å²) < 4.78 is 48.6. The number of rotatable bonds is 9. The minimum Gasteiger partial charge on any atom is -0.463 e. The highest BCUT2D eigenvalue weighted by atomic mass is 19.1. The molecule has 0 spiro atoms. The summed E-state index contributed by atoms with van der Waals surface area (Å²) in [5.74, 6) is -2.99. The van der Waals surface area contributed by atoms with Gasteiger partial charge in [0.25, 0.3) is 0 Å². The second kappa shape index (κ2) is 13.6. The Bertz CT molecular complexity index is 1730. The van der Waals surface area contributed by atoms with Crippen LogP contribution in [0.4, 0.5) is 4.39 Å². The van der Waals surface area contributed by atoms with Crippen LogP contribution in [-0.4, -0.2) is 80.0 Å². The Morgan fingerprint density at radius 3 is 2.13 bits per heavy atom. The van der Waals surface area contributed by atoms with E-state index in [0.717, 1.165) is 20.8 Å². The lowest BCUT2D eigenvalue weighted by atomic mass is 9.96. The average molecular weight is 638 g/mol. The fourth-order valence-corrected chi connectivity index (χ4v) is 4.88. The van der Waals surface area contributed by atoms with Gasteiger partial charge in [0.2, 0.25) is 12.2 Å². The van der Waals surface area contributed by atoms with Crippen LogP contribution in [-0.2, 0) is 42.9 Å². The number of aromatic nitrogens is 5. The highest BCUT2D eigenvalue weighted by molar-refractivity contribution is 5.78. The quantitative estimate of drug-likeness (QED) is 0.193. The lowest BCUT2D eigenvalue weighted by Gasteiger charge is -2.44. The Kier molecular flexibility index (Phi) is 9.46. The summed E-state index contributed by atoms with van der Waals surface area (Å²) in [6.07, 6.45) is -0.830. The molecule has 46 heavy (non-hydrogen) atoms. The Morgan fingerprint density at radius 2 is 1.50 bits per heavy atom. The van der Waals surface area contributed by atoms with Crippen LogP contribution in [0.3, 0.4) is 0 Å². The van der Waals surface area contributed by atoms with Crippen molar-refractivity contribution >= 4 is 23.9 Å². The first-order valence-corrected chi connectivity index (χ1v) is 13.9. The Hall–Kier alpha value is -5.51. The molecule has 5 atom stereocenters. The summed E-state index contributed by atoms with van der Waals surface area (Å²) in [7, 11) is 0. The zero-order valence-electron chi connectivity index (χ0n) is 25.0. The van der Waals surface area contributed by atoms with E-state index < -0.39 is 66.9 Å². The highest BCUT2D eigenvalue weighted by Gasteiger charge is 2.53. The first-order valence-electron chi connectivity index (χ1n) is 13.9. The number of ether oxygens (including phenoxy) is 5. The van der Waals surface area contributed by atoms with Gasteiger partial charge < -0.3 is 28.1 Å². The SMILES string of the molecule is CC(=O)OC[C@H]1O[C@H](OC(C)=O)[C@H](n2cc(-c3nc(-c4ccc(F)cc4)c(-c4ccncc4)o3)nn2)[C@@H](OC(C)=O)[C@@H]1OC(C)=O. The molecule has 0 saturated carbocycles. The van der Waals surface area contributed by atoms with Crippen molar-refractivity contribution in [2.24, 2.45) is 0 Å². The number of oxazole rings is 1. The van der Waals surface area contributed by atoms with E-state index in [9.17, 15) is 23.6 Å². The zero-order valence-corrected chi connectivity index (χ0v) is 25.0. The van der Waals surface area contributed by atoms with E-state index in [2.05, 4.69) is 20.3 Å². The molecule has 0 radical (unpaired) electrons. The molecule has 0 amide bonds. The van der Waals surface area contributed by atoms with Crippen LogP contribution >= 0.6 is 0 Å². The summed E-state index contributed by atoms with van der Waals surface area (Å²) >= 11 is 0. The number of hydrogen-bond acceptors (Lipinski definition) is 14. The number of pyridine rings is 1. The summed E-state index contributed by atoms with van der Waals surface area (Å²) in [6.45, 7) is 4.16. The van der Waals surface area contributed by atoms with E-state index in [1.54, 1.807) is 36.7 Å². The molecular weight excluding hydrogens is 609 g/mol. The molecule has 240 valence electrons. The van der Waals surface area contributed by atoms with Crippen LogP contribution in [0.15, 0.2) is 59.4 Å². The van der Waals surface area contributed by atoms with E-state index in [0.29, 0.717) is 22.6 Å². The summed E-state index contributed by atoms with van der Waals surface area (Å²) in [5, 5.41) is 8.34. The zero-order chi connectivity index (χ0) is 33.0. The van der Waals surface area contributed by atoms with Crippen molar-refractivity contribution in [2.45, 2.75) is 58.3 Å². The molecule has 0 aliphatic carbocycles. The standard InChI is InChI=1S/C30H28FN5O10/c1-15(37)41-14-23-27(42-16(2)38)28(43-17(3)39)25(30(45-23)44-18(4)40)36-13-22(34-35-36)29-33-24(19-5-7-21(31)8-6-19)26(46-29)20-9-11-32-12-10-20/h5-13,23,25,27-28,30H,14H2,1-4H3/t23-,25-,27-,28-,30+/m1/s1. The molecule has 0 unspecified atom stereocenters. The molecule has 1 fully saturated rings. The van der Waals surface area contributed by atoms with Crippen molar-refractivity contribution in [3.8, 4) is 34.2 Å². The monoisotopic (exact) mass is 637 g/mol. The first kappa shape index (κ1) is 31.9. The van der Waals surface area contributed by atoms with Crippen LogP contribution in [0.1, 0.15) is 33.7 Å². The maximum absolute atomic E-state index is 13.7. The molecular formula is C30H28FN5O10. The second-order valence-electron chi connectivity index (χ2n) is 10.1. The number of esters is 4. The number of hydrogen-bond donors (Lipinski definition) is 0. The van der Waals surface area contributed by atoms with Crippen molar-refractivity contribution in [2.75, 3.05) is 6.61 Å². The molecule has 4 aromatic rings. The van der Waals surface area contributed by atoms with Gasteiger partial charge >= 0.3 is 23.9 Å². The average Bonchev–Trinajstić information content (AvgIpc) is 3.66. The van der Waals surface area contributed by atoms with Crippen LogP contribution in [0, 0.1) is 5.82 Å². The molecule has 3 aromatic heterocycles. The van der Waals surface area contributed by atoms with Crippen LogP contribution in [0.5, 0.6) is 0 Å². The van der Waals surface area contributed by atoms with Crippen molar-refractivity contribution in [1.29, 1.82) is 0 Å². The fraction of sp³-hybridized carbons (Fsp3) is 0.333. The van der Waals surface area contributed by atoms with Crippen molar-refractivity contribution in [3.05, 3.63) is 60.8 Å². The third kappa shape index (κ3) is 7.23. The maximum Gasteiger partial charge on any atom is 0.305 e. The van der Waals surface area contributed by atoms with Gasteiger partial charge in [-0.1, -0.05) is 5.21 Å². The number of carbonyl (C=O) groups is 4. The molecule has 4 heterocycles. The summed E-state index contributed by atoms with van der Waals surface area (Å²) in [4.78, 5) is 56.7. The second-order valence-corrected chi connectivity index (χ2v) is 10.1. The number of nitrogens with zero attached hydrogens (tertiary/aromatic N) is 5. The topological polar surface area (TPSA) is 184 Å². The highest BCUT2D eigenvalue weighted by Crippen LogP contribution is 2.38. The van der Waals surface area contributed by atoms with E-state index in [-0.39, 0.29) is 11.6 Å². The first-order chi connectivity index (χ1) is 22.0. The summed E-state index contributed by atoms with van der Waals surface area (Å²) in [6, 6.07) is 7.85. The minimum absolute atomic E-state index is 0.0199. The molecule has 15 nitrogen and oxygen atoms in total. The molecule has 16 heteroatoms. The molecule has 1 aromatic carbocycles. The molecule has 5 rings (SSSR count). The minimum atomic E-state index is -1.48.